The average molecular weight is 463 g/mol. The summed E-state index contributed by atoms with van der Waals surface area (Å²) in [4.78, 5) is 41.6. The number of para-hydroxylation sites is 1. The van der Waals surface area contributed by atoms with Crippen LogP contribution >= 0.6 is 0 Å². The van der Waals surface area contributed by atoms with E-state index in [-0.39, 0.29) is 23.8 Å². The summed E-state index contributed by atoms with van der Waals surface area (Å²) in [6.07, 6.45) is -0.291. The molecule has 0 spiro atoms. The van der Waals surface area contributed by atoms with E-state index in [1.807, 2.05) is 34.6 Å². The van der Waals surface area contributed by atoms with E-state index in [2.05, 4.69) is 15.5 Å². The van der Waals surface area contributed by atoms with Crippen molar-refractivity contribution in [3.8, 4) is 5.75 Å². The predicted molar refractivity (Wildman–Crippen MR) is 126 cm³/mol. The van der Waals surface area contributed by atoms with Crippen LogP contribution in [-0.2, 0) is 9.53 Å². The molecule has 33 heavy (non-hydrogen) atoms. The average Bonchev–Trinajstić information content (AvgIpc) is 2.76. The summed E-state index contributed by atoms with van der Waals surface area (Å²) in [5, 5.41) is 5.76. The number of hydrogen-bond acceptors (Lipinski definition) is 6. The number of hydrogen-bond donors (Lipinski definition) is 2. The molecule has 2 N–H and O–H groups in total. The van der Waals surface area contributed by atoms with Gasteiger partial charge in [0.1, 0.15) is 17.4 Å². The topological polar surface area (TPSA) is 100 Å². The van der Waals surface area contributed by atoms with E-state index in [0.29, 0.717) is 50.6 Å². The Kier molecular flexibility index (Phi) is 9.52. The Bertz CT molecular complexity index is 813. The minimum atomic E-state index is -0.661. The SMILES string of the molecule is COc1ccccc1C(=O)NC(C(=O)NCCN1CCN(C(=O)OC(C)(C)C)CC1)C(C)C. The highest BCUT2D eigenvalue weighted by molar-refractivity contribution is 5.99. The van der Waals surface area contributed by atoms with Crippen LogP contribution < -0.4 is 15.4 Å². The number of nitrogens with zero attached hydrogens (tertiary/aromatic N) is 2. The van der Waals surface area contributed by atoms with Crippen molar-refractivity contribution < 1.29 is 23.9 Å². The Hall–Kier alpha value is -2.81. The van der Waals surface area contributed by atoms with Crippen LogP contribution in [0.15, 0.2) is 24.3 Å². The van der Waals surface area contributed by atoms with Crippen LogP contribution in [0, 0.1) is 5.92 Å². The fraction of sp³-hybridized carbons (Fsp3) is 0.625. The van der Waals surface area contributed by atoms with E-state index in [1.54, 1.807) is 29.2 Å². The van der Waals surface area contributed by atoms with E-state index < -0.39 is 11.6 Å². The third kappa shape index (κ3) is 8.24. The molecule has 0 bridgehead atoms. The molecule has 0 saturated carbocycles. The summed E-state index contributed by atoms with van der Waals surface area (Å²) in [5.41, 5.74) is -0.117. The molecule has 1 unspecified atom stereocenters. The van der Waals surface area contributed by atoms with Gasteiger partial charge in [0.25, 0.3) is 5.91 Å². The van der Waals surface area contributed by atoms with Crippen molar-refractivity contribution in [3.63, 3.8) is 0 Å². The highest BCUT2D eigenvalue weighted by atomic mass is 16.6. The molecule has 1 aromatic rings. The van der Waals surface area contributed by atoms with E-state index >= 15 is 0 Å². The fourth-order valence-corrected chi connectivity index (χ4v) is 3.51. The zero-order valence-corrected chi connectivity index (χ0v) is 20.6. The maximum absolute atomic E-state index is 12.8. The Labute approximate surface area is 196 Å². The fourth-order valence-electron chi connectivity index (χ4n) is 3.51. The zero-order valence-electron chi connectivity index (χ0n) is 20.6. The third-order valence-corrected chi connectivity index (χ3v) is 5.34. The molecule has 1 atom stereocenters. The van der Waals surface area contributed by atoms with Gasteiger partial charge in [0, 0.05) is 39.3 Å². The lowest BCUT2D eigenvalue weighted by atomic mass is 10.0. The molecule has 1 fully saturated rings. The smallest absolute Gasteiger partial charge is 0.410 e. The summed E-state index contributed by atoms with van der Waals surface area (Å²) >= 11 is 0. The van der Waals surface area contributed by atoms with Crippen molar-refractivity contribution in [2.75, 3.05) is 46.4 Å². The minimum absolute atomic E-state index is 0.0824. The quantitative estimate of drug-likeness (QED) is 0.614. The standard InChI is InChI=1S/C24H38N4O5/c1-17(2)20(26-21(29)18-9-7-8-10-19(18)32-6)22(30)25-11-12-27-13-15-28(16-14-27)23(31)33-24(3,4)5/h7-10,17,20H,11-16H2,1-6H3,(H,25,30)(H,26,29). The van der Waals surface area contributed by atoms with Gasteiger partial charge >= 0.3 is 6.09 Å². The molecule has 1 saturated heterocycles. The number of carbonyl (C=O) groups is 3. The maximum atomic E-state index is 12.8. The lowest BCUT2D eigenvalue weighted by Crippen LogP contribution is -2.53. The first kappa shape index (κ1) is 26.4. The predicted octanol–water partition coefficient (Wildman–Crippen LogP) is 2.12. The molecule has 1 aromatic carbocycles. The molecule has 2 rings (SSSR count). The summed E-state index contributed by atoms with van der Waals surface area (Å²) < 4.78 is 10.7. The second-order valence-electron chi connectivity index (χ2n) is 9.50. The largest absolute Gasteiger partial charge is 0.496 e. The van der Waals surface area contributed by atoms with E-state index in [4.69, 9.17) is 9.47 Å². The van der Waals surface area contributed by atoms with Gasteiger partial charge in [-0.15, -0.1) is 0 Å². The van der Waals surface area contributed by atoms with Gasteiger partial charge in [0.2, 0.25) is 5.91 Å². The summed E-state index contributed by atoms with van der Waals surface area (Å²) in [5.74, 6) is -0.190. The van der Waals surface area contributed by atoms with Gasteiger partial charge in [0.05, 0.1) is 12.7 Å². The number of amides is 3. The number of carbonyl (C=O) groups excluding carboxylic acids is 3. The van der Waals surface area contributed by atoms with Crippen LogP contribution in [0.4, 0.5) is 4.79 Å². The second kappa shape index (κ2) is 11.9. The van der Waals surface area contributed by atoms with Gasteiger partial charge in [-0.05, 0) is 38.8 Å². The number of piperazine rings is 1. The van der Waals surface area contributed by atoms with Crippen LogP contribution in [0.25, 0.3) is 0 Å². The molecule has 3 amide bonds. The van der Waals surface area contributed by atoms with Crippen LogP contribution in [0.2, 0.25) is 0 Å². The lowest BCUT2D eigenvalue weighted by Gasteiger charge is -2.35. The number of methoxy groups -OCH3 is 1. The Morgan fingerprint density at radius 3 is 2.27 bits per heavy atom. The van der Waals surface area contributed by atoms with Crippen molar-refractivity contribution in [3.05, 3.63) is 29.8 Å². The van der Waals surface area contributed by atoms with Crippen molar-refractivity contribution in [1.29, 1.82) is 0 Å². The molecule has 0 radical (unpaired) electrons. The highest BCUT2D eigenvalue weighted by Crippen LogP contribution is 2.18. The molecule has 0 aromatic heterocycles. The normalized spacial score (nSPS) is 15.7. The number of ether oxygens (including phenoxy) is 2. The molecule has 9 nitrogen and oxygen atoms in total. The van der Waals surface area contributed by atoms with Crippen molar-refractivity contribution in [2.45, 2.75) is 46.3 Å². The Balaban J connectivity index is 1.80. The molecule has 1 aliphatic rings. The first-order chi connectivity index (χ1) is 15.5. The summed E-state index contributed by atoms with van der Waals surface area (Å²) in [6, 6.07) is 6.26. The van der Waals surface area contributed by atoms with Crippen LogP contribution in [0.5, 0.6) is 5.75 Å². The highest BCUT2D eigenvalue weighted by Gasteiger charge is 2.27. The van der Waals surface area contributed by atoms with Crippen molar-refractivity contribution >= 4 is 17.9 Å². The number of benzene rings is 1. The monoisotopic (exact) mass is 462 g/mol. The van der Waals surface area contributed by atoms with Gasteiger partial charge in [-0.25, -0.2) is 4.79 Å². The molecule has 184 valence electrons. The second-order valence-corrected chi connectivity index (χ2v) is 9.50. The van der Waals surface area contributed by atoms with Gasteiger partial charge in [-0.2, -0.15) is 0 Å². The van der Waals surface area contributed by atoms with E-state index in [1.165, 1.54) is 7.11 Å². The van der Waals surface area contributed by atoms with Gasteiger partial charge in [-0.3, -0.25) is 14.5 Å². The van der Waals surface area contributed by atoms with E-state index in [0.717, 1.165) is 0 Å². The molecule has 0 aliphatic carbocycles. The van der Waals surface area contributed by atoms with Crippen LogP contribution in [0.1, 0.15) is 45.0 Å². The van der Waals surface area contributed by atoms with E-state index in [9.17, 15) is 14.4 Å². The lowest BCUT2D eigenvalue weighted by molar-refractivity contribution is -0.124. The molecule has 9 heteroatoms. The van der Waals surface area contributed by atoms with Gasteiger partial charge in [-0.1, -0.05) is 26.0 Å². The summed E-state index contributed by atoms with van der Waals surface area (Å²) in [6.45, 7) is 13.1. The van der Waals surface area contributed by atoms with Gasteiger partial charge in [0.15, 0.2) is 0 Å². The van der Waals surface area contributed by atoms with Crippen molar-refractivity contribution in [2.24, 2.45) is 5.92 Å². The molecule has 1 heterocycles. The maximum Gasteiger partial charge on any atom is 0.410 e. The molecular weight excluding hydrogens is 424 g/mol. The summed E-state index contributed by atoms with van der Waals surface area (Å²) in [7, 11) is 1.51. The first-order valence-corrected chi connectivity index (χ1v) is 11.4. The minimum Gasteiger partial charge on any atom is -0.496 e. The first-order valence-electron chi connectivity index (χ1n) is 11.4. The Morgan fingerprint density at radius 2 is 1.70 bits per heavy atom. The Morgan fingerprint density at radius 1 is 1.06 bits per heavy atom. The third-order valence-electron chi connectivity index (χ3n) is 5.34. The van der Waals surface area contributed by atoms with Crippen LogP contribution in [-0.4, -0.2) is 85.7 Å². The zero-order chi connectivity index (χ0) is 24.6. The van der Waals surface area contributed by atoms with Crippen LogP contribution in [0.3, 0.4) is 0 Å². The number of nitrogens with one attached hydrogen (secondary N) is 2. The molecule has 1 aliphatic heterocycles. The van der Waals surface area contributed by atoms with Crippen molar-refractivity contribution in [1.82, 2.24) is 20.4 Å². The number of rotatable bonds is 8. The van der Waals surface area contributed by atoms with Gasteiger partial charge < -0.3 is 25.0 Å². The molecular formula is C24H38N4O5.